The molecule has 2 aliphatic rings. The Labute approximate surface area is 147 Å². The van der Waals surface area contributed by atoms with E-state index >= 15 is 0 Å². The van der Waals surface area contributed by atoms with Crippen molar-refractivity contribution in [3.05, 3.63) is 0 Å². The van der Waals surface area contributed by atoms with Gasteiger partial charge in [0.05, 0.1) is 0 Å². The van der Waals surface area contributed by atoms with Crippen molar-refractivity contribution in [1.82, 2.24) is 10.2 Å². The molecule has 0 aromatic carbocycles. The molecule has 0 amide bonds. The van der Waals surface area contributed by atoms with E-state index in [1.165, 1.54) is 44.9 Å². The summed E-state index contributed by atoms with van der Waals surface area (Å²) >= 11 is 0. The minimum Gasteiger partial charge on any atom is -0.381 e. The quantitative estimate of drug-likeness (QED) is 0.304. The molecule has 0 unspecified atom stereocenters. The molecule has 0 aromatic heterocycles. The highest BCUT2D eigenvalue weighted by Crippen LogP contribution is 2.33. The van der Waals surface area contributed by atoms with Crippen LogP contribution in [0.4, 0.5) is 0 Å². The number of hydrogen-bond acceptors (Lipinski definition) is 2. The SMILES string of the molecule is CN=C(NCCCC1CC1)N(C)CCC1CCOCC1.I. The van der Waals surface area contributed by atoms with Gasteiger partial charge in [0, 0.05) is 40.4 Å². The third-order valence-electron chi connectivity index (χ3n) is 4.56. The molecule has 21 heavy (non-hydrogen) atoms. The Morgan fingerprint density at radius 3 is 2.43 bits per heavy atom. The molecule has 1 heterocycles. The maximum absolute atomic E-state index is 5.42. The van der Waals surface area contributed by atoms with Gasteiger partial charge in [0.15, 0.2) is 5.96 Å². The molecule has 0 spiro atoms. The van der Waals surface area contributed by atoms with Crippen LogP contribution in [0.1, 0.15) is 44.9 Å². The van der Waals surface area contributed by atoms with E-state index in [1.54, 1.807) is 0 Å². The maximum atomic E-state index is 5.42. The number of ether oxygens (including phenoxy) is 1. The van der Waals surface area contributed by atoms with Crippen molar-refractivity contribution in [2.45, 2.75) is 44.9 Å². The molecular weight excluding hydrogens is 377 g/mol. The molecule has 5 heteroatoms. The predicted molar refractivity (Wildman–Crippen MR) is 99.5 cm³/mol. The highest BCUT2D eigenvalue weighted by Gasteiger charge is 2.20. The van der Waals surface area contributed by atoms with Crippen molar-refractivity contribution >= 4 is 29.9 Å². The molecule has 124 valence electrons. The zero-order chi connectivity index (χ0) is 14.2. The van der Waals surface area contributed by atoms with Gasteiger partial charge in [0.2, 0.25) is 0 Å². The van der Waals surface area contributed by atoms with E-state index in [0.717, 1.165) is 44.1 Å². The first kappa shape index (κ1) is 19.0. The lowest BCUT2D eigenvalue weighted by Crippen LogP contribution is -2.40. The molecule has 2 fully saturated rings. The largest absolute Gasteiger partial charge is 0.381 e. The Bertz CT molecular complexity index is 302. The summed E-state index contributed by atoms with van der Waals surface area (Å²) in [5.74, 6) is 2.91. The van der Waals surface area contributed by atoms with Gasteiger partial charge in [-0.2, -0.15) is 0 Å². The van der Waals surface area contributed by atoms with E-state index in [4.69, 9.17) is 4.74 Å². The van der Waals surface area contributed by atoms with Crippen LogP contribution < -0.4 is 5.32 Å². The van der Waals surface area contributed by atoms with Gasteiger partial charge < -0.3 is 15.0 Å². The fourth-order valence-corrected chi connectivity index (χ4v) is 2.90. The molecule has 2 rings (SSSR count). The molecule has 4 nitrogen and oxygen atoms in total. The van der Waals surface area contributed by atoms with E-state index < -0.39 is 0 Å². The molecule has 1 saturated carbocycles. The molecule has 0 aromatic rings. The summed E-state index contributed by atoms with van der Waals surface area (Å²) in [5.41, 5.74) is 0. The highest BCUT2D eigenvalue weighted by molar-refractivity contribution is 14.0. The van der Waals surface area contributed by atoms with E-state index in [1.807, 2.05) is 7.05 Å². The van der Waals surface area contributed by atoms with Crippen LogP contribution in [0.25, 0.3) is 0 Å². The van der Waals surface area contributed by atoms with Crippen LogP contribution in [0.5, 0.6) is 0 Å². The van der Waals surface area contributed by atoms with Gasteiger partial charge in [-0.25, -0.2) is 0 Å². The summed E-state index contributed by atoms with van der Waals surface area (Å²) in [4.78, 5) is 6.66. The van der Waals surface area contributed by atoms with Crippen LogP contribution in [0.2, 0.25) is 0 Å². The predicted octanol–water partition coefficient (Wildman–Crippen LogP) is 3.12. The van der Waals surface area contributed by atoms with E-state index in [2.05, 4.69) is 22.3 Å². The average Bonchev–Trinajstić information content (AvgIpc) is 3.30. The second kappa shape index (κ2) is 10.6. The monoisotopic (exact) mass is 409 g/mol. The summed E-state index contributed by atoms with van der Waals surface area (Å²) in [7, 11) is 4.03. The molecule has 0 radical (unpaired) electrons. The number of aliphatic imine (C=N–C) groups is 1. The molecule has 1 saturated heterocycles. The van der Waals surface area contributed by atoms with E-state index in [0.29, 0.717) is 0 Å². The zero-order valence-corrected chi connectivity index (χ0v) is 16.0. The number of guanidine groups is 1. The van der Waals surface area contributed by atoms with Gasteiger partial charge in [0.25, 0.3) is 0 Å². The summed E-state index contributed by atoms with van der Waals surface area (Å²) in [5, 5.41) is 3.49. The van der Waals surface area contributed by atoms with Gasteiger partial charge >= 0.3 is 0 Å². The zero-order valence-electron chi connectivity index (χ0n) is 13.6. The fourth-order valence-electron chi connectivity index (χ4n) is 2.90. The number of halogens is 1. The molecule has 1 N–H and O–H groups in total. The molecule has 0 atom stereocenters. The van der Waals surface area contributed by atoms with Crippen LogP contribution in [-0.2, 0) is 4.74 Å². The van der Waals surface area contributed by atoms with Crippen molar-refractivity contribution < 1.29 is 4.74 Å². The lowest BCUT2D eigenvalue weighted by atomic mass is 9.96. The number of nitrogens with one attached hydrogen (secondary N) is 1. The lowest BCUT2D eigenvalue weighted by Gasteiger charge is -2.26. The Balaban J connectivity index is 0.00000220. The van der Waals surface area contributed by atoms with Crippen molar-refractivity contribution in [1.29, 1.82) is 0 Å². The van der Waals surface area contributed by atoms with Crippen molar-refractivity contribution in [3.63, 3.8) is 0 Å². The topological polar surface area (TPSA) is 36.9 Å². The van der Waals surface area contributed by atoms with Crippen LogP contribution in [-0.4, -0.2) is 51.3 Å². The maximum Gasteiger partial charge on any atom is 0.193 e. The Kier molecular flexibility index (Phi) is 9.64. The smallest absolute Gasteiger partial charge is 0.193 e. The van der Waals surface area contributed by atoms with Crippen LogP contribution in [0, 0.1) is 11.8 Å². The molecule has 0 bridgehead atoms. The van der Waals surface area contributed by atoms with Crippen molar-refractivity contribution in [2.24, 2.45) is 16.8 Å². The van der Waals surface area contributed by atoms with E-state index in [9.17, 15) is 0 Å². The minimum atomic E-state index is 0. The van der Waals surface area contributed by atoms with Crippen LogP contribution >= 0.6 is 24.0 Å². The highest BCUT2D eigenvalue weighted by atomic mass is 127. The first-order valence-corrected chi connectivity index (χ1v) is 8.29. The second-order valence-electron chi connectivity index (χ2n) is 6.33. The average molecular weight is 409 g/mol. The first-order valence-electron chi connectivity index (χ1n) is 8.29. The molecule has 1 aliphatic heterocycles. The second-order valence-corrected chi connectivity index (χ2v) is 6.33. The third-order valence-corrected chi connectivity index (χ3v) is 4.56. The molecular formula is C16H32IN3O. The normalized spacial score (nSPS) is 20.0. The summed E-state index contributed by atoms with van der Waals surface area (Å²) < 4.78 is 5.42. The molecule has 1 aliphatic carbocycles. The van der Waals surface area contributed by atoms with Crippen LogP contribution in [0.15, 0.2) is 4.99 Å². The van der Waals surface area contributed by atoms with Crippen molar-refractivity contribution in [2.75, 3.05) is 40.4 Å². The van der Waals surface area contributed by atoms with Gasteiger partial charge in [-0.15, -0.1) is 24.0 Å². The first-order chi connectivity index (χ1) is 9.79. The number of nitrogens with zero attached hydrogens (tertiary/aromatic N) is 2. The van der Waals surface area contributed by atoms with Gasteiger partial charge in [-0.1, -0.05) is 12.8 Å². The number of hydrogen-bond donors (Lipinski definition) is 1. The fraction of sp³-hybridized carbons (Fsp3) is 0.938. The van der Waals surface area contributed by atoms with Crippen LogP contribution in [0.3, 0.4) is 0 Å². The summed E-state index contributed by atoms with van der Waals surface area (Å²) in [6.07, 6.45) is 9.28. The summed E-state index contributed by atoms with van der Waals surface area (Å²) in [6, 6.07) is 0. The third kappa shape index (κ3) is 7.68. The Morgan fingerprint density at radius 2 is 1.81 bits per heavy atom. The standard InChI is InChI=1S/C16H31N3O.HI/c1-17-16(18-10-3-4-14-5-6-14)19(2)11-7-15-8-12-20-13-9-15;/h14-15H,3-13H2,1-2H3,(H,17,18);1H. The van der Waals surface area contributed by atoms with Gasteiger partial charge in [-0.05, 0) is 43.9 Å². The van der Waals surface area contributed by atoms with E-state index in [-0.39, 0.29) is 24.0 Å². The van der Waals surface area contributed by atoms with Gasteiger partial charge in [0.1, 0.15) is 0 Å². The summed E-state index contributed by atoms with van der Waals surface area (Å²) in [6.45, 7) is 4.04. The Morgan fingerprint density at radius 1 is 1.14 bits per heavy atom. The lowest BCUT2D eigenvalue weighted by molar-refractivity contribution is 0.0625. The Hall–Kier alpha value is -0.0400. The minimum absolute atomic E-state index is 0. The van der Waals surface area contributed by atoms with Gasteiger partial charge in [-0.3, -0.25) is 4.99 Å². The van der Waals surface area contributed by atoms with Crippen molar-refractivity contribution in [3.8, 4) is 0 Å². The number of rotatable bonds is 7.